The number of halogens is 5. The van der Waals surface area contributed by atoms with E-state index < -0.39 is 17.6 Å². The third-order valence-corrected chi connectivity index (χ3v) is 5.55. The van der Waals surface area contributed by atoms with E-state index in [0.29, 0.717) is 44.2 Å². The third-order valence-electron chi connectivity index (χ3n) is 5.55. The average molecular weight is 433 g/mol. The van der Waals surface area contributed by atoms with E-state index in [-0.39, 0.29) is 29.8 Å². The Labute approximate surface area is 171 Å². The molecule has 1 aromatic heterocycles. The molecule has 0 bridgehead atoms. The number of carbonyl (C=O) groups is 1. The smallest absolute Gasteiger partial charge is 0.337 e. The van der Waals surface area contributed by atoms with Crippen LogP contribution in [0.1, 0.15) is 51.6 Å². The van der Waals surface area contributed by atoms with Gasteiger partial charge in [-0.05, 0) is 36.5 Å². The summed E-state index contributed by atoms with van der Waals surface area (Å²) in [6.45, 7) is 2.09. The summed E-state index contributed by atoms with van der Waals surface area (Å²) in [6, 6.07) is 2.83. The molecule has 2 aliphatic rings. The first kappa shape index (κ1) is 21.6. The molecule has 0 saturated carbocycles. The number of aromatic amines is 1. The van der Waals surface area contributed by atoms with E-state index in [1.54, 1.807) is 4.90 Å². The number of hydrogen-bond acceptors (Lipinski definition) is 3. The van der Waals surface area contributed by atoms with E-state index in [1.165, 1.54) is 6.07 Å². The van der Waals surface area contributed by atoms with Crippen LogP contribution >= 0.6 is 12.4 Å². The van der Waals surface area contributed by atoms with E-state index in [2.05, 4.69) is 15.5 Å². The first-order valence-corrected chi connectivity index (χ1v) is 9.27. The summed E-state index contributed by atoms with van der Waals surface area (Å²) in [5, 5.41) is 10.3. The molecule has 5 nitrogen and oxygen atoms in total. The van der Waals surface area contributed by atoms with Gasteiger partial charge in [0.2, 0.25) is 0 Å². The Kier molecular flexibility index (Phi) is 6.19. The average Bonchev–Trinajstić information content (AvgIpc) is 3.11. The number of nitrogens with zero attached hydrogens (tertiary/aromatic N) is 2. The first-order valence-electron chi connectivity index (χ1n) is 9.27. The molecule has 0 aliphatic carbocycles. The highest BCUT2D eigenvalue weighted by atomic mass is 35.5. The number of fused-ring (bicyclic) bond motifs is 1. The van der Waals surface area contributed by atoms with Crippen LogP contribution in [0.25, 0.3) is 0 Å². The van der Waals surface area contributed by atoms with Gasteiger partial charge in [0.1, 0.15) is 5.82 Å². The fourth-order valence-corrected chi connectivity index (χ4v) is 4.08. The zero-order valence-electron chi connectivity index (χ0n) is 15.5. The van der Waals surface area contributed by atoms with E-state index >= 15 is 0 Å². The molecule has 3 heterocycles. The van der Waals surface area contributed by atoms with Crippen molar-refractivity contribution in [2.75, 3.05) is 19.6 Å². The fraction of sp³-hybridized carbons (Fsp3) is 0.474. The molecule has 1 aromatic carbocycles. The topological polar surface area (TPSA) is 61.0 Å². The monoisotopic (exact) mass is 432 g/mol. The summed E-state index contributed by atoms with van der Waals surface area (Å²) in [5.41, 5.74) is 1.39. The highest BCUT2D eigenvalue weighted by Crippen LogP contribution is 2.39. The molecule has 2 aliphatic heterocycles. The fourth-order valence-electron chi connectivity index (χ4n) is 4.08. The summed E-state index contributed by atoms with van der Waals surface area (Å²) in [5.74, 6) is -1.47. The van der Waals surface area contributed by atoms with Crippen molar-refractivity contribution in [1.82, 2.24) is 20.4 Å². The molecule has 0 unspecified atom stereocenters. The van der Waals surface area contributed by atoms with Crippen LogP contribution in [0, 0.1) is 5.82 Å². The number of hydrogen-bond donors (Lipinski definition) is 2. The number of rotatable bonds is 2. The predicted octanol–water partition coefficient (Wildman–Crippen LogP) is 3.65. The summed E-state index contributed by atoms with van der Waals surface area (Å²) < 4.78 is 53.2. The van der Waals surface area contributed by atoms with Gasteiger partial charge in [-0.1, -0.05) is 6.07 Å². The van der Waals surface area contributed by atoms with Crippen LogP contribution in [0.4, 0.5) is 17.6 Å². The SMILES string of the molecule is Cl.O=C(c1n[nH]c2c1CNCC2)N1CCC(c2ccc(F)cc2C(F)(F)F)CC1. The Morgan fingerprint density at radius 1 is 1.21 bits per heavy atom. The molecule has 158 valence electrons. The summed E-state index contributed by atoms with van der Waals surface area (Å²) in [4.78, 5) is 14.5. The van der Waals surface area contributed by atoms with Crippen LogP contribution in [-0.2, 0) is 19.1 Å². The maximum absolute atomic E-state index is 13.3. The number of aromatic nitrogens is 2. The molecule has 29 heavy (non-hydrogen) atoms. The van der Waals surface area contributed by atoms with Crippen LogP contribution in [0.15, 0.2) is 18.2 Å². The van der Waals surface area contributed by atoms with Gasteiger partial charge < -0.3 is 10.2 Å². The molecule has 2 aromatic rings. The van der Waals surface area contributed by atoms with E-state index in [1.807, 2.05) is 0 Å². The largest absolute Gasteiger partial charge is 0.416 e. The Bertz CT molecular complexity index is 891. The van der Waals surface area contributed by atoms with Gasteiger partial charge in [-0.25, -0.2) is 4.39 Å². The molecule has 0 spiro atoms. The van der Waals surface area contributed by atoms with Crippen molar-refractivity contribution in [2.24, 2.45) is 0 Å². The molecule has 1 saturated heterocycles. The van der Waals surface area contributed by atoms with Crippen molar-refractivity contribution < 1.29 is 22.4 Å². The molecule has 0 atom stereocenters. The second kappa shape index (κ2) is 8.31. The zero-order chi connectivity index (χ0) is 19.9. The number of benzene rings is 1. The highest BCUT2D eigenvalue weighted by Gasteiger charge is 2.37. The second-order valence-electron chi connectivity index (χ2n) is 7.25. The second-order valence-corrected chi connectivity index (χ2v) is 7.25. The number of amides is 1. The van der Waals surface area contributed by atoms with E-state index in [9.17, 15) is 22.4 Å². The molecular formula is C19H21ClF4N4O. The van der Waals surface area contributed by atoms with Crippen molar-refractivity contribution in [3.63, 3.8) is 0 Å². The normalized spacial score (nSPS) is 17.6. The van der Waals surface area contributed by atoms with Gasteiger partial charge in [0, 0.05) is 43.9 Å². The van der Waals surface area contributed by atoms with Gasteiger partial charge in [0.05, 0.1) is 5.56 Å². The van der Waals surface area contributed by atoms with Crippen molar-refractivity contribution in [2.45, 2.75) is 37.9 Å². The Morgan fingerprint density at radius 2 is 1.93 bits per heavy atom. The van der Waals surface area contributed by atoms with Gasteiger partial charge in [-0.15, -0.1) is 12.4 Å². The van der Waals surface area contributed by atoms with Gasteiger partial charge in [0.25, 0.3) is 5.91 Å². The molecule has 1 fully saturated rings. The molecule has 2 N–H and O–H groups in total. The Hall–Kier alpha value is -2.13. The Morgan fingerprint density at radius 3 is 2.62 bits per heavy atom. The number of likely N-dealkylation sites (tertiary alicyclic amines) is 1. The van der Waals surface area contributed by atoms with Crippen molar-refractivity contribution in [3.05, 3.63) is 52.1 Å². The molecule has 10 heteroatoms. The van der Waals surface area contributed by atoms with Crippen LogP contribution in [0.5, 0.6) is 0 Å². The van der Waals surface area contributed by atoms with Crippen LogP contribution in [-0.4, -0.2) is 40.6 Å². The first-order chi connectivity index (χ1) is 13.3. The van der Waals surface area contributed by atoms with Crippen molar-refractivity contribution in [1.29, 1.82) is 0 Å². The maximum Gasteiger partial charge on any atom is 0.416 e. The van der Waals surface area contributed by atoms with Gasteiger partial charge in [-0.3, -0.25) is 9.89 Å². The lowest BCUT2D eigenvalue weighted by atomic mass is 9.86. The summed E-state index contributed by atoms with van der Waals surface area (Å²) in [6.07, 6.45) is -3.04. The van der Waals surface area contributed by atoms with Gasteiger partial charge in [0.15, 0.2) is 5.69 Å². The van der Waals surface area contributed by atoms with Gasteiger partial charge >= 0.3 is 6.18 Å². The lowest BCUT2D eigenvalue weighted by Gasteiger charge is -2.33. The molecule has 4 rings (SSSR count). The quantitative estimate of drug-likeness (QED) is 0.712. The number of piperidine rings is 1. The van der Waals surface area contributed by atoms with E-state index in [0.717, 1.165) is 30.3 Å². The predicted molar refractivity (Wildman–Crippen MR) is 101 cm³/mol. The minimum atomic E-state index is -4.61. The molecule has 1 amide bonds. The number of carbonyl (C=O) groups excluding carboxylic acids is 1. The van der Waals surface area contributed by atoms with Crippen LogP contribution in [0.3, 0.4) is 0 Å². The number of nitrogens with one attached hydrogen (secondary N) is 2. The van der Waals surface area contributed by atoms with Crippen LogP contribution in [0.2, 0.25) is 0 Å². The zero-order valence-corrected chi connectivity index (χ0v) is 16.3. The van der Waals surface area contributed by atoms with Crippen molar-refractivity contribution >= 4 is 18.3 Å². The van der Waals surface area contributed by atoms with Crippen LogP contribution < -0.4 is 5.32 Å². The minimum Gasteiger partial charge on any atom is -0.337 e. The minimum absolute atomic E-state index is 0. The van der Waals surface area contributed by atoms with E-state index in [4.69, 9.17) is 0 Å². The molecule has 0 radical (unpaired) electrons. The maximum atomic E-state index is 13.3. The number of alkyl halides is 3. The highest BCUT2D eigenvalue weighted by molar-refractivity contribution is 5.94. The van der Waals surface area contributed by atoms with Crippen molar-refractivity contribution in [3.8, 4) is 0 Å². The summed E-state index contributed by atoms with van der Waals surface area (Å²) in [7, 11) is 0. The lowest BCUT2D eigenvalue weighted by Crippen LogP contribution is -2.39. The van der Waals surface area contributed by atoms with Gasteiger partial charge in [-0.2, -0.15) is 18.3 Å². The number of H-pyrrole nitrogens is 1. The third kappa shape index (κ3) is 4.25. The Balaban J connectivity index is 0.00000240. The standard InChI is InChI=1S/C19H20F4N4O.ClH/c20-12-1-2-13(15(9-12)19(21,22)23)11-4-7-27(8-5-11)18(28)17-14-10-24-6-3-16(14)25-26-17;/h1-2,9,11,24H,3-8,10H2,(H,25,26);1H. The molecular weight excluding hydrogens is 412 g/mol. The summed E-state index contributed by atoms with van der Waals surface area (Å²) >= 11 is 0. The lowest BCUT2D eigenvalue weighted by molar-refractivity contribution is -0.138.